The molecule has 2 N–H and O–H groups in total. The zero-order valence-electron chi connectivity index (χ0n) is 12.2. The molecule has 7 heteroatoms. The van der Waals surface area contributed by atoms with E-state index in [0.717, 1.165) is 25.9 Å². The number of aryl methyl sites for hydroxylation is 1. The lowest BCUT2D eigenvalue weighted by molar-refractivity contribution is 0.0600. The first-order valence-corrected chi connectivity index (χ1v) is 8.34. The molecule has 1 aromatic carbocycles. The lowest BCUT2D eigenvalue weighted by atomic mass is 10.1. The minimum Gasteiger partial charge on any atom is -0.465 e. The Kier molecular flexibility index (Phi) is 4.97. The Morgan fingerprint density at radius 1 is 1.33 bits per heavy atom. The van der Waals surface area contributed by atoms with E-state index in [2.05, 4.69) is 14.8 Å². The second-order valence-electron chi connectivity index (χ2n) is 5.12. The molecule has 0 spiro atoms. The zero-order valence-corrected chi connectivity index (χ0v) is 13.0. The number of hydrogen-bond donors (Lipinski definition) is 2. The van der Waals surface area contributed by atoms with Gasteiger partial charge in [0.1, 0.15) is 0 Å². The number of benzene rings is 1. The van der Waals surface area contributed by atoms with E-state index in [4.69, 9.17) is 0 Å². The van der Waals surface area contributed by atoms with Gasteiger partial charge in [0, 0.05) is 6.04 Å². The van der Waals surface area contributed by atoms with Crippen LogP contribution in [0.25, 0.3) is 0 Å². The Labute approximate surface area is 124 Å². The fourth-order valence-corrected chi connectivity index (χ4v) is 3.93. The summed E-state index contributed by atoms with van der Waals surface area (Å²) >= 11 is 0. The van der Waals surface area contributed by atoms with Gasteiger partial charge in [0.05, 0.1) is 17.6 Å². The summed E-state index contributed by atoms with van der Waals surface area (Å²) in [4.78, 5) is 11.7. The van der Waals surface area contributed by atoms with Gasteiger partial charge in [-0.15, -0.1) is 0 Å². The van der Waals surface area contributed by atoms with Gasteiger partial charge in [-0.25, -0.2) is 17.9 Å². The highest BCUT2D eigenvalue weighted by atomic mass is 32.2. The zero-order chi connectivity index (χ0) is 15.5. The summed E-state index contributed by atoms with van der Waals surface area (Å²) in [6.07, 6.45) is 1.52. The van der Waals surface area contributed by atoms with Gasteiger partial charge in [-0.2, -0.15) is 0 Å². The minimum absolute atomic E-state index is 0.0718. The Morgan fingerprint density at radius 3 is 2.62 bits per heavy atom. The van der Waals surface area contributed by atoms with Crippen LogP contribution in [0.2, 0.25) is 0 Å². The van der Waals surface area contributed by atoms with E-state index in [1.165, 1.54) is 13.2 Å². The number of nitrogens with one attached hydrogen (secondary N) is 2. The summed E-state index contributed by atoms with van der Waals surface area (Å²) in [6, 6.07) is 4.47. The molecule has 6 nitrogen and oxygen atoms in total. The quantitative estimate of drug-likeness (QED) is 0.804. The summed E-state index contributed by atoms with van der Waals surface area (Å²) in [5.74, 6) is -0.548. The van der Waals surface area contributed by atoms with Crippen molar-refractivity contribution < 1.29 is 17.9 Å². The number of sulfonamides is 1. The van der Waals surface area contributed by atoms with E-state index in [0.29, 0.717) is 5.56 Å². The van der Waals surface area contributed by atoms with Gasteiger partial charge in [-0.05, 0) is 50.6 Å². The van der Waals surface area contributed by atoms with Crippen molar-refractivity contribution in [2.45, 2.75) is 30.7 Å². The van der Waals surface area contributed by atoms with Crippen LogP contribution >= 0.6 is 0 Å². The van der Waals surface area contributed by atoms with Crippen molar-refractivity contribution in [1.82, 2.24) is 10.0 Å². The molecular weight excluding hydrogens is 292 g/mol. The molecule has 0 unspecified atom stereocenters. The molecule has 1 fully saturated rings. The SMILES string of the molecule is COC(=O)c1ccc(C)c(S(=O)(=O)NC2CCNCC2)c1. The summed E-state index contributed by atoms with van der Waals surface area (Å²) in [6.45, 7) is 3.31. The van der Waals surface area contributed by atoms with Crippen molar-refractivity contribution in [3.8, 4) is 0 Å². The van der Waals surface area contributed by atoms with Crippen molar-refractivity contribution in [3.05, 3.63) is 29.3 Å². The van der Waals surface area contributed by atoms with Gasteiger partial charge >= 0.3 is 5.97 Å². The third kappa shape index (κ3) is 3.81. The molecular formula is C14H20N2O4S. The summed E-state index contributed by atoms with van der Waals surface area (Å²) in [5.41, 5.74) is 0.831. The molecule has 0 radical (unpaired) electrons. The highest BCUT2D eigenvalue weighted by Gasteiger charge is 2.24. The molecule has 21 heavy (non-hydrogen) atoms. The Morgan fingerprint density at radius 2 is 2.00 bits per heavy atom. The van der Waals surface area contributed by atoms with E-state index in [9.17, 15) is 13.2 Å². The van der Waals surface area contributed by atoms with Crippen LogP contribution in [0.15, 0.2) is 23.1 Å². The van der Waals surface area contributed by atoms with Crippen LogP contribution in [0.1, 0.15) is 28.8 Å². The van der Waals surface area contributed by atoms with Crippen molar-refractivity contribution in [1.29, 1.82) is 0 Å². The Bertz CT molecular complexity index is 622. The molecule has 0 atom stereocenters. The largest absolute Gasteiger partial charge is 0.465 e. The molecule has 1 saturated heterocycles. The van der Waals surface area contributed by atoms with Crippen molar-refractivity contribution >= 4 is 16.0 Å². The van der Waals surface area contributed by atoms with Gasteiger partial charge in [-0.1, -0.05) is 6.07 Å². The Hall–Kier alpha value is -1.44. The smallest absolute Gasteiger partial charge is 0.337 e. The molecule has 1 aliphatic rings. The van der Waals surface area contributed by atoms with Crippen LogP contribution in [0.3, 0.4) is 0 Å². The molecule has 116 valence electrons. The average Bonchev–Trinajstić information content (AvgIpc) is 2.47. The molecule has 1 aliphatic heterocycles. The molecule has 1 aromatic rings. The second-order valence-corrected chi connectivity index (χ2v) is 6.80. The molecule has 1 heterocycles. The topological polar surface area (TPSA) is 84.5 Å². The van der Waals surface area contributed by atoms with Gasteiger partial charge in [0.2, 0.25) is 10.0 Å². The van der Waals surface area contributed by atoms with E-state index in [1.807, 2.05) is 0 Å². The number of hydrogen-bond acceptors (Lipinski definition) is 5. The van der Waals surface area contributed by atoms with Crippen LogP contribution in [0, 0.1) is 6.92 Å². The fourth-order valence-electron chi connectivity index (χ4n) is 2.36. The number of ether oxygens (including phenoxy) is 1. The minimum atomic E-state index is -3.64. The maximum Gasteiger partial charge on any atom is 0.337 e. The molecule has 0 aliphatic carbocycles. The maximum absolute atomic E-state index is 12.5. The van der Waals surface area contributed by atoms with Gasteiger partial charge in [0.25, 0.3) is 0 Å². The van der Waals surface area contributed by atoms with Crippen LogP contribution in [-0.4, -0.2) is 40.6 Å². The molecule has 0 amide bonds. The normalized spacial score (nSPS) is 16.7. The number of carbonyl (C=O) groups is 1. The first kappa shape index (κ1) is 15.9. The van der Waals surface area contributed by atoms with Crippen LogP contribution < -0.4 is 10.0 Å². The lowest BCUT2D eigenvalue weighted by Crippen LogP contribution is -2.42. The van der Waals surface area contributed by atoms with Crippen LogP contribution in [0.4, 0.5) is 0 Å². The van der Waals surface area contributed by atoms with Crippen molar-refractivity contribution in [2.75, 3.05) is 20.2 Å². The number of carbonyl (C=O) groups excluding carboxylic acids is 1. The molecule has 0 saturated carbocycles. The first-order chi connectivity index (χ1) is 9.94. The summed E-state index contributed by atoms with van der Waals surface area (Å²) < 4.78 is 32.3. The highest BCUT2D eigenvalue weighted by Crippen LogP contribution is 2.19. The number of piperidine rings is 1. The fraction of sp³-hybridized carbons (Fsp3) is 0.500. The van der Waals surface area contributed by atoms with Crippen molar-refractivity contribution in [2.24, 2.45) is 0 Å². The monoisotopic (exact) mass is 312 g/mol. The summed E-state index contributed by atoms with van der Waals surface area (Å²) in [5, 5.41) is 3.19. The molecule has 0 bridgehead atoms. The van der Waals surface area contributed by atoms with Gasteiger partial charge < -0.3 is 10.1 Å². The lowest BCUT2D eigenvalue weighted by Gasteiger charge is -2.24. The van der Waals surface area contributed by atoms with E-state index >= 15 is 0 Å². The summed E-state index contributed by atoms with van der Waals surface area (Å²) in [7, 11) is -2.37. The second kappa shape index (κ2) is 6.55. The number of esters is 1. The van der Waals surface area contributed by atoms with Gasteiger partial charge in [0.15, 0.2) is 0 Å². The first-order valence-electron chi connectivity index (χ1n) is 6.86. The third-order valence-electron chi connectivity index (χ3n) is 3.56. The van der Waals surface area contributed by atoms with Crippen molar-refractivity contribution in [3.63, 3.8) is 0 Å². The standard InChI is InChI=1S/C14H20N2O4S/c1-10-3-4-11(14(17)20-2)9-13(10)21(18,19)16-12-5-7-15-8-6-12/h3-4,9,12,15-16H,5-8H2,1-2H3. The number of rotatable bonds is 4. The predicted molar refractivity (Wildman–Crippen MR) is 78.7 cm³/mol. The Balaban J connectivity index is 2.27. The van der Waals surface area contributed by atoms with Crippen LogP contribution in [0.5, 0.6) is 0 Å². The predicted octanol–water partition coefficient (Wildman–Crippen LogP) is 0.812. The number of methoxy groups -OCH3 is 1. The van der Waals surface area contributed by atoms with E-state index in [-0.39, 0.29) is 16.5 Å². The highest BCUT2D eigenvalue weighted by molar-refractivity contribution is 7.89. The third-order valence-corrected chi connectivity index (χ3v) is 5.22. The van der Waals surface area contributed by atoms with Gasteiger partial charge in [-0.3, -0.25) is 0 Å². The average molecular weight is 312 g/mol. The maximum atomic E-state index is 12.5. The molecule has 0 aromatic heterocycles. The van der Waals surface area contributed by atoms with E-state index < -0.39 is 16.0 Å². The molecule has 2 rings (SSSR count). The van der Waals surface area contributed by atoms with Crippen LogP contribution in [-0.2, 0) is 14.8 Å². The van der Waals surface area contributed by atoms with E-state index in [1.54, 1.807) is 19.1 Å².